The van der Waals surface area contributed by atoms with Crippen LogP contribution in [0.4, 0.5) is 0 Å². The lowest BCUT2D eigenvalue weighted by molar-refractivity contribution is -0.119. The van der Waals surface area contributed by atoms with Crippen LogP contribution in [0.15, 0.2) is 42.6 Å². The van der Waals surface area contributed by atoms with Crippen molar-refractivity contribution in [2.24, 2.45) is 0 Å². The van der Waals surface area contributed by atoms with Crippen LogP contribution in [0, 0.1) is 0 Å². The predicted octanol–water partition coefficient (Wildman–Crippen LogP) is 2.79. The lowest BCUT2D eigenvalue weighted by atomic mass is 9.98. The van der Waals surface area contributed by atoms with Crippen molar-refractivity contribution in [1.82, 2.24) is 9.19 Å². The Morgan fingerprint density at radius 1 is 1.23 bits per heavy atom. The molecule has 1 aliphatic heterocycles. The molecule has 7 heteroatoms. The third-order valence-corrected chi connectivity index (χ3v) is 5.40. The van der Waals surface area contributed by atoms with Gasteiger partial charge in [0.1, 0.15) is 17.6 Å². The van der Waals surface area contributed by atoms with Crippen molar-refractivity contribution in [2.75, 3.05) is 6.26 Å². The van der Waals surface area contributed by atoms with E-state index in [1.54, 1.807) is 6.07 Å². The van der Waals surface area contributed by atoms with Gasteiger partial charge in [0.15, 0.2) is 0 Å². The number of hydrogen-bond donors (Lipinski definition) is 0. The van der Waals surface area contributed by atoms with Crippen LogP contribution in [0.3, 0.4) is 0 Å². The van der Waals surface area contributed by atoms with E-state index in [0.29, 0.717) is 18.4 Å². The maximum absolute atomic E-state index is 12.0. The number of rotatable bonds is 2. The fourth-order valence-corrected chi connectivity index (χ4v) is 4.12. The van der Waals surface area contributed by atoms with Gasteiger partial charge in [-0.1, -0.05) is 24.3 Å². The molecule has 0 fully saturated rings. The zero-order valence-electron chi connectivity index (χ0n) is 14.5. The van der Waals surface area contributed by atoms with Crippen molar-refractivity contribution in [1.29, 1.82) is 0 Å². The third kappa shape index (κ3) is 2.88. The maximum Gasteiger partial charge on any atom is 0.251 e. The average molecular weight is 370 g/mol. The zero-order chi connectivity index (χ0) is 18.5. The highest BCUT2D eigenvalue weighted by molar-refractivity contribution is 7.89. The quantitative estimate of drug-likeness (QED) is 0.693. The zero-order valence-corrected chi connectivity index (χ0v) is 15.3. The minimum absolute atomic E-state index is 0.165. The average Bonchev–Trinajstić information content (AvgIpc) is 2.92. The normalized spacial score (nSPS) is 17.6. The van der Waals surface area contributed by atoms with Gasteiger partial charge >= 0.3 is 0 Å². The summed E-state index contributed by atoms with van der Waals surface area (Å²) in [5.41, 5.74) is 3.19. The molecule has 134 valence electrons. The number of carbonyl (C=O) groups excluding carboxylic acids is 1. The van der Waals surface area contributed by atoms with E-state index >= 15 is 0 Å². The molecule has 0 amide bonds. The summed E-state index contributed by atoms with van der Waals surface area (Å²) in [6.07, 6.45) is 3.24. The molecule has 0 spiro atoms. The number of carbonyl (C=O) groups is 1. The second-order valence-corrected chi connectivity index (χ2v) is 8.48. The number of hydrogen-bond acceptors (Lipinski definition) is 5. The second kappa shape index (κ2) is 5.95. The molecule has 1 aliphatic rings. The number of aromatic nitrogens is 2. The molecular weight excluding hydrogens is 352 g/mol. The van der Waals surface area contributed by atoms with E-state index in [-0.39, 0.29) is 11.9 Å². The van der Waals surface area contributed by atoms with Crippen LogP contribution in [-0.2, 0) is 21.2 Å². The van der Waals surface area contributed by atoms with Gasteiger partial charge in [0.2, 0.25) is 0 Å². The van der Waals surface area contributed by atoms with Gasteiger partial charge in [-0.25, -0.2) is 8.42 Å². The number of Topliss-reactive ketones (excluding diaryl/α,β-unsaturated/α-hetero) is 1. The van der Waals surface area contributed by atoms with Gasteiger partial charge in [-0.3, -0.25) is 4.79 Å². The molecule has 2 heterocycles. The number of ketones is 1. The predicted molar refractivity (Wildman–Crippen MR) is 98.8 cm³/mol. The number of fused-ring (bicyclic) bond motifs is 2. The van der Waals surface area contributed by atoms with Gasteiger partial charge in [0.25, 0.3) is 10.0 Å². The topological polar surface area (TPSA) is 78.3 Å². The van der Waals surface area contributed by atoms with Crippen LogP contribution in [0.5, 0.6) is 5.75 Å². The molecule has 0 saturated carbocycles. The molecule has 6 nitrogen and oxygen atoms in total. The Morgan fingerprint density at radius 2 is 2.04 bits per heavy atom. The second-order valence-electron chi connectivity index (χ2n) is 6.67. The summed E-state index contributed by atoms with van der Waals surface area (Å²) >= 11 is 0. The van der Waals surface area contributed by atoms with Crippen molar-refractivity contribution >= 4 is 26.7 Å². The molecule has 26 heavy (non-hydrogen) atoms. The molecule has 0 unspecified atom stereocenters. The molecule has 0 radical (unpaired) electrons. The molecule has 0 saturated heterocycles. The van der Waals surface area contributed by atoms with Crippen molar-refractivity contribution in [3.05, 3.63) is 48.2 Å². The van der Waals surface area contributed by atoms with Gasteiger partial charge in [-0.2, -0.15) is 9.19 Å². The molecule has 4 rings (SSSR count). The molecule has 1 aromatic heterocycles. The summed E-state index contributed by atoms with van der Waals surface area (Å²) in [6, 6.07) is 11.2. The van der Waals surface area contributed by atoms with Crippen LogP contribution in [0.2, 0.25) is 0 Å². The lowest BCUT2D eigenvalue weighted by Gasteiger charge is -2.16. The van der Waals surface area contributed by atoms with E-state index in [2.05, 4.69) is 5.10 Å². The van der Waals surface area contributed by atoms with Crippen LogP contribution in [-0.4, -0.2) is 35.7 Å². The highest BCUT2D eigenvalue weighted by Gasteiger charge is 2.23. The molecule has 0 bridgehead atoms. The van der Waals surface area contributed by atoms with E-state index in [1.165, 1.54) is 6.20 Å². The molecule has 3 aromatic rings. The fourth-order valence-electron chi connectivity index (χ4n) is 3.38. The summed E-state index contributed by atoms with van der Waals surface area (Å²) in [7, 11) is -3.45. The summed E-state index contributed by atoms with van der Waals surface area (Å²) in [5.74, 6) is 0.888. The van der Waals surface area contributed by atoms with Crippen LogP contribution >= 0.6 is 0 Å². The van der Waals surface area contributed by atoms with E-state index in [0.717, 1.165) is 38.2 Å². The summed E-state index contributed by atoms with van der Waals surface area (Å²) in [5, 5.41) is 4.70. The Hall–Kier alpha value is -2.67. The van der Waals surface area contributed by atoms with Crippen molar-refractivity contribution in [2.45, 2.75) is 25.9 Å². The van der Waals surface area contributed by atoms with Crippen molar-refractivity contribution in [3.63, 3.8) is 0 Å². The number of para-hydroxylation sites is 1. The number of nitrogens with zero attached hydrogens (tertiary/aromatic N) is 2. The van der Waals surface area contributed by atoms with Crippen molar-refractivity contribution in [3.8, 4) is 16.9 Å². The summed E-state index contributed by atoms with van der Waals surface area (Å²) < 4.78 is 30.7. The van der Waals surface area contributed by atoms with Crippen LogP contribution < -0.4 is 4.74 Å². The van der Waals surface area contributed by atoms with Gasteiger partial charge in [-0.05, 0) is 24.6 Å². The van der Waals surface area contributed by atoms with Gasteiger partial charge in [-0.15, -0.1) is 0 Å². The largest absolute Gasteiger partial charge is 0.489 e. The number of ether oxygens (including phenoxy) is 1. The van der Waals surface area contributed by atoms with Crippen LogP contribution in [0.1, 0.15) is 18.9 Å². The highest BCUT2D eigenvalue weighted by Crippen LogP contribution is 2.37. The van der Waals surface area contributed by atoms with E-state index in [4.69, 9.17) is 4.74 Å². The van der Waals surface area contributed by atoms with Gasteiger partial charge in [0, 0.05) is 29.4 Å². The minimum atomic E-state index is -3.45. The Kier molecular flexibility index (Phi) is 3.84. The summed E-state index contributed by atoms with van der Waals surface area (Å²) in [6.45, 7) is 1.89. The number of benzene rings is 2. The van der Waals surface area contributed by atoms with Gasteiger partial charge in [0.05, 0.1) is 18.0 Å². The standard InChI is InChI=1S/C19H18N2O4S/c1-12-8-16(22)10-14-4-3-5-17(19(14)25-12)13-6-7-18-15(9-13)11-20-21(18)26(2,23)24/h3-7,9,11-12H,8,10H2,1-2H3/t12-/m1/s1. The highest BCUT2D eigenvalue weighted by atomic mass is 32.2. The van der Waals surface area contributed by atoms with E-state index in [1.807, 2.05) is 37.3 Å². The summed E-state index contributed by atoms with van der Waals surface area (Å²) in [4.78, 5) is 12.0. The van der Waals surface area contributed by atoms with E-state index < -0.39 is 10.0 Å². The Labute approximate surface area is 151 Å². The van der Waals surface area contributed by atoms with Crippen LogP contribution in [0.25, 0.3) is 22.0 Å². The Balaban J connectivity index is 1.87. The first kappa shape index (κ1) is 16.8. The van der Waals surface area contributed by atoms with E-state index in [9.17, 15) is 13.2 Å². The fraction of sp³-hybridized carbons (Fsp3) is 0.263. The van der Waals surface area contributed by atoms with Crippen molar-refractivity contribution < 1.29 is 17.9 Å². The van der Waals surface area contributed by atoms with Gasteiger partial charge < -0.3 is 4.74 Å². The monoisotopic (exact) mass is 370 g/mol. The minimum Gasteiger partial charge on any atom is -0.489 e. The first-order valence-electron chi connectivity index (χ1n) is 8.32. The first-order valence-corrected chi connectivity index (χ1v) is 10.2. The molecular formula is C19H18N2O4S. The molecule has 0 N–H and O–H groups in total. The molecule has 2 aromatic carbocycles. The molecule has 1 atom stereocenters. The first-order chi connectivity index (χ1) is 12.3. The SMILES string of the molecule is C[C@@H]1CC(=O)Cc2cccc(-c3ccc4c(cnn4S(C)(=O)=O)c3)c2O1. The smallest absolute Gasteiger partial charge is 0.251 e. The molecule has 0 aliphatic carbocycles. The Bertz CT molecular complexity index is 1130. The Morgan fingerprint density at radius 3 is 2.81 bits per heavy atom. The lowest BCUT2D eigenvalue weighted by Crippen LogP contribution is -2.14. The maximum atomic E-state index is 12.0. The third-order valence-electron chi connectivity index (χ3n) is 4.48.